The van der Waals surface area contributed by atoms with Crippen LogP contribution in [0.2, 0.25) is 0 Å². The van der Waals surface area contributed by atoms with Gasteiger partial charge in [0.15, 0.2) is 0 Å². The van der Waals surface area contributed by atoms with Crippen LogP contribution in [-0.4, -0.2) is 35.2 Å². The van der Waals surface area contributed by atoms with Gasteiger partial charge in [-0.15, -0.1) is 0 Å². The molecule has 0 aromatic carbocycles. The van der Waals surface area contributed by atoms with Crippen molar-refractivity contribution in [2.75, 3.05) is 7.05 Å². The number of amides is 1. The summed E-state index contributed by atoms with van der Waals surface area (Å²) in [6.07, 6.45) is 7.37. The molecule has 4 nitrogen and oxygen atoms in total. The molecular weight excluding hydrogens is 216 g/mol. The molecule has 1 fully saturated rings. The quantitative estimate of drug-likeness (QED) is 0.779. The van der Waals surface area contributed by atoms with Crippen LogP contribution in [0.15, 0.2) is 0 Å². The SMILES string of the molecule is CC[C@H]([C@H](N)CC1CCCCC1)N(C)C(=O)O. The van der Waals surface area contributed by atoms with E-state index in [4.69, 9.17) is 10.8 Å². The van der Waals surface area contributed by atoms with Gasteiger partial charge in [0, 0.05) is 19.1 Å². The van der Waals surface area contributed by atoms with Crippen molar-refractivity contribution in [1.82, 2.24) is 4.90 Å². The van der Waals surface area contributed by atoms with Crippen molar-refractivity contribution < 1.29 is 9.90 Å². The minimum atomic E-state index is -0.879. The maximum Gasteiger partial charge on any atom is 0.407 e. The number of likely N-dealkylation sites (N-methyl/N-ethyl adjacent to an activating group) is 1. The Morgan fingerprint density at radius 2 is 2.00 bits per heavy atom. The predicted molar refractivity (Wildman–Crippen MR) is 69.0 cm³/mol. The summed E-state index contributed by atoms with van der Waals surface area (Å²) in [4.78, 5) is 12.3. The van der Waals surface area contributed by atoms with Gasteiger partial charge < -0.3 is 15.7 Å². The number of nitrogens with two attached hydrogens (primary N) is 1. The summed E-state index contributed by atoms with van der Waals surface area (Å²) in [5, 5.41) is 9.01. The molecule has 1 rings (SSSR count). The molecule has 1 aliphatic carbocycles. The smallest absolute Gasteiger partial charge is 0.407 e. The molecule has 0 unspecified atom stereocenters. The third kappa shape index (κ3) is 4.19. The Kier molecular flexibility index (Phi) is 5.75. The largest absolute Gasteiger partial charge is 0.465 e. The molecule has 0 aromatic heterocycles. The number of hydrogen-bond donors (Lipinski definition) is 2. The molecule has 0 spiro atoms. The fourth-order valence-electron chi connectivity index (χ4n) is 2.97. The summed E-state index contributed by atoms with van der Waals surface area (Å²) >= 11 is 0. The summed E-state index contributed by atoms with van der Waals surface area (Å²) in [6.45, 7) is 2.00. The molecule has 3 N–H and O–H groups in total. The van der Waals surface area contributed by atoms with Crippen LogP contribution in [0.25, 0.3) is 0 Å². The number of nitrogens with zero attached hydrogens (tertiary/aromatic N) is 1. The van der Waals surface area contributed by atoms with Gasteiger partial charge in [0.25, 0.3) is 0 Å². The van der Waals surface area contributed by atoms with Crippen molar-refractivity contribution >= 4 is 6.09 Å². The van der Waals surface area contributed by atoms with Crippen molar-refractivity contribution in [3.8, 4) is 0 Å². The Bertz CT molecular complexity index is 240. The van der Waals surface area contributed by atoms with E-state index in [9.17, 15) is 4.79 Å². The van der Waals surface area contributed by atoms with Crippen LogP contribution < -0.4 is 5.73 Å². The molecular formula is C13H26N2O2. The molecule has 100 valence electrons. The van der Waals surface area contributed by atoms with Gasteiger partial charge in [0.1, 0.15) is 0 Å². The van der Waals surface area contributed by atoms with Crippen LogP contribution in [-0.2, 0) is 0 Å². The van der Waals surface area contributed by atoms with Gasteiger partial charge >= 0.3 is 6.09 Å². The Morgan fingerprint density at radius 1 is 1.41 bits per heavy atom. The molecule has 0 aliphatic heterocycles. The zero-order valence-corrected chi connectivity index (χ0v) is 11.1. The lowest BCUT2D eigenvalue weighted by Gasteiger charge is -2.33. The average Bonchev–Trinajstić information content (AvgIpc) is 2.30. The Morgan fingerprint density at radius 3 is 2.47 bits per heavy atom. The molecule has 2 atom stereocenters. The van der Waals surface area contributed by atoms with E-state index in [-0.39, 0.29) is 12.1 Å². The summed E-state index contributed by atoms with van der Waals surface area (Å²) in [5.74, 6) is 0.704. The first kappa shape index (κ1) is 14.3. The third-order valence-electron chi connectivity index (χ3n) is 4.04. The van der Waals surface area contributed by atoms with E-state index >= 15 is 0 Å². The Balaban J connectivity index is 2.47. The van der Waals surface area contributed by atoms with Gasteiger partial charge in [-0.3, -0.25) is 0 Å². The number of hydrogen-bond acceptors (Lipinski definition) is 2. The Hall–Kier alpha value is -0.770. The second-order valence-electron chi connectivity index (χ2n) is 5.27. The lowest BCUT2D eigenvalue weighted by Crippen LogP contribution is -2.48. The topological polar surface area (TPSA) is 66.6 Å². The van der Waals surface area contributed by atoms with E-state index in [0.717, 1.165) is 12.8 Å². The fourth-order valence-corrected chi connectivity index (χ4v) is 2.97. The predicted octanol–water partition coefficient (Wildman–Crippen LogP) is 2.67. The van der Waals surface area contributed by atoms with E-state index in [2.05, 4.69) is 0 Å². The standard InChI is InChI=1S/C13H26N2O2/c1-3-12(15(2)13(16)17)11(14)9-10-7-5-4-6-8-10/h10-12H,3-9,14H2,1-2H3,(H,16,17)/t11-,12-/m1/s1. The van der Waals surface area contributed by atoms with Gasteiger partial charge in [-0.2, -0.15) is 0 Å². The van der Waals surface area contributed by atoms with E-state index in [1.165, 1.54) is 37.0 Å². The Labute approximate surface area is 104 Å². The highest BCUT2D eigenvalue weighted by Crippen LogP contribution is 2.28. The summed E-state index contributed by atoms with van der Waals surface area (Å²) in [6, 6.07) is -0.0707. The second kappa shape index (κ2) is 6.84. The maximum atomic E-state index is 11.0. The summed E-state index contributed by atoms with van der Waals surface area (Å²) < 4.78 is 0. The molecule has 4 heteroatoms. The zero-order chi connectivity index (χ0) is 12.8. The highest BCUT2D eigenvalue weighted by atomic mass is 16.4. The average molecular weight is 242 g/mol. The van der Waals surface area contributed by atoms with Crippen LogP contribution in [0, 0.1) is 5.92 Å². The number of carbonyl (C=O) groups is 1. The van der Waals surface area contributed by atoms with Crippen molar-refractivity contribution in [2.45, 2.75) is 64.0 Å². The van der Waals surface area contributed by atoms with Crippen molar-refractivity contribution in [1.29, 1.82) is 0 Å². The third-order valence-corrected chi connectivity index (χ3v) is 4.04. The van der Waals surface area contributed by atoms with Gasteiger partial charge in [-0.25, -0.2) is 4.79 Å². The molecule has 0 heterocycles. The highest BCUT2D eigenvalue weighted by molar-refractivity contribution is 5.65. The fraction of sp³-hybridized carbons (Fsp3) is 0.923. The molecule has 0 bridgehead atoms. The first-order valence-corrected chi connectivity index (χ1v) is 6.77. The van der Waals surface area contributed by atoms with Gasteiger partial charge in [-0.05, 0) is 18.8 Å². The molecule has 1 saturated carbocycles. The van der Waals surface area contributed by atoms with Crippen LogP contribution in [0.3, 0.4) is 0 Å². The first-order chi connectivity index (χ1) is 8.06. The van der Waals surface area contributed by atoms with Crippen LogP contribution in [0.1, 0.15) is 51.9 Å². The monoisotopic (exact) mass is 242 g/mol. The zero-order valence-electron chi connectivity index (χ0n) is 11.1. The molecule has 1 aliphatic rings. The second-order valence-corrected chi connectivity index (χ2v) is 5.27. The number of carboxylic acid groups (broad SMARTS) is 1. The molecule has 1 amide bonds. The van der Waals surface area contributed by atoms with E-state index in [0.29, 0.717) is 5.92 Å². The maximum absolute atomic E-state index is 11.0. The van der Waals surface area contributed by atoms with Crippen LogP contribution in [0.4, 0.5) is 4.79 Å². The van der Waals surface area contributed by atoms with Gasteiger partial charge in [-0.1, -0.05) is 39.0 Å². The minimum Gasteiger partial charge on any atom is -0.465 e. The van der Waals surface area contributed by atoms with Gasteiger partial charge in [0.2, 0.25) is 0 Å². The minimum absolute atomic E-state index is 0.0239. The lowest BCUT2D eigenvalue weighted by molar-refractivity contribution is 0.124. The molecule has 0 radical (unpaired) electrons. The van der Waals surface area contributed by atoms with E-state index in [1.807, 2.05) is 6.92 Å². The van der Waals surface area contributed by atoms with Crippen molar-refractivity contribution in [3.05, 3.63) is 0 Å². The van der Waals surface area contributed by atoms with Crippen molar-refractivity contribution in [2.24, 2.45) is 11.7 Å². The van der Waals surface area contributed by atoms with Crippen molar-refractivity contribution in [3.63, 3.8) is 0 Å². The van der Waals surface area contributed by atoms with Gasteiger partial charge in [0.05, 0.1) is 0 Å². The molecule has 0 saturated heterocycles. The molecule has 17 heavy (non-hydrogen) atoms. The normalized spacial score (nSPS) is 20.9. The summed E-state index contributed by atoms with van der Waals surface area (Å²) in [5.41, 5.74) is 6.19. The van der Waals surface area contributed by atoms with E-state index < -0.39 is 6.09 Å². The highest BCUT2D eigenvalue weighted by Gasteiger charge is 2.26. The lowest BCUT2D eigenvalue weighted by atomic mass is 9.83. The summed E-state index contributed by atoms with van der Waals surface area (Å²) in [7, 11) is 1.62. The van der Waals surface area contributed by atoms with E-state index in [1.54, 1.807) is 7.05 Å². The number of rotatable bonds is 5. The molecule has 0 aromatic rings. The van der Waals surface area contributed by atoms with Crippen LogP contribution >= 0.6 is 0 Å². The first-order valence-electron chi connectivity index (χ1n) is 6.77. The van der Waals surface area contributed by atoms with Crippen LogP contribution in [0.5, 0.6) is 0 Å².